The number of ether oxygens (including phenoxy) is 1. The molecule has 15 heavy (non-hydrogen) atoms. The van der Waals surface area contributed by atoms with Crippen molar-refractivity contribution >= 4 is 22.1 Å². The lowest BCUT2D eigenvalue weighted by Crippen LogP contribution is -2.02. The first-order valence-corrected chi connectivity index (χ1v) is 5.56. The lowest BCUT2D eigenvalue weighted by molar-refractivity contribution is 0.338. The molecule has 1 aromatic rings. The maximum Gasteiger partial charge on any atom is 0.133 e. The molecule has 0 saturated carbocycles. The maximum atomic E-state index is 5.42. The van der Waals surface area contributed by atoms with Gasteiger partial charge in [-0.05, 0) is 46.6 Å². The van der Waals surface area contributed by atoms with Gasteiger partial charge in [0.1, 0.15) is 5.75 Å². The number of benzene rings is 1. The van der Waals surface area contributed by atoms with E-state index in [9.17, 15) is 0 Å². The highest BCUT2D eigenvalue weighted by molar-refractivity contribution is 9.10. The van der Waals surface area contributed by atoms with Gasteiger partial charge in [-0.1, -0.05) is 0 Å². The van der Waals surface area contributed by atoms with E-state index in [0.29, 0.717) is 6.61 Å². The van der Waals surface area contributed by atoms with E-state index in [2.05, 4.69) is 21.0 Å². The van der Waals surface area contributed by atoms with Crippen LogP contribution in [-0.2, 0) is 0 Å². The van der Waals surface area contributed by atoms with Crippen LogP contribution in [0.5, 0.6) is 5.75 Å². The predicted molar refractivity (Wildman–Crippen MR) is 66.6 cm³/mol. The zero-order valence-corrected chi connectivity index (χ0v) is 10.8. The van der Waals surface area contributed by atoms with Crippen LogP contribution < -0.4 is 4.74 Å². The van der Waals surface area contributed by atoms with Crippen molar-refractivity contribution in [3.05, 3.63) is 28.2 Å². The minimum absolute atomic E-state index is 0.670. The molecule has 0 bridgehead atoms. The summed E-state index contributed by atoms with van der Waals surface area (Å²) in [6.07, 6.45) is 1.81. The minimum Gasteiger partial charge on any atom is -0.493 e. The highest BCUT2D eigenvalue weighted by Crippen LogP contribution is 2.25. The van der Waals surface area contributed by atoms with E-state index in [1.54, 1.807) is 11.2 Å². The average Bonchev–Trinajstić information content (AvgIpc) is 2.19. The molecule has 0 radical (unpaired) electrons. The van der Waals surface area contributed by atoms with Crippen molar-refractivity contribution in [3.8, 4) is 5.75 Å². The molecule has 82 valence electrons. The summed E-state index contributed by atoms with van der Waals surface area (Å²) in [7, 11) is 3.78. The third-order valence-corrected chi connectivity index (χ3v) is 2.31. The second kappa shape index (κ2) is 5.75. The molecule has 0 unspecified atom stereocenters. The van der Waals surface area contributed by atoms with Gasteiger partial charge in [-0.2, -0.15) is 5.10 Å². The Morgan fingerprint density at radius 3 is 2.73 bits per heavy atom. The van der Waals surface area contributed by atoms with Crippen LogP contribution in [0.3, 0.4) is 0 Å². The van der Waals surface area contributed by atoms with Crippen molar-refractivity contribution < 1.29 is 4.74 Å². The first-order valence-electron chi connectivity index (χ1n) is 4.77. The fourth-order valence-corrected chi connectivity index (χ4v) is 1.56. The molecule has 0 aliphatic rings. The van der Waals surface area contributed by atoms with Crippen molar-refractivity contribution in [2.45, 2.75) is 6.92 Å². The Kier molecular flexibility index (Phi) is 4.62. The minimum atomic E-state index is 0.670. The largest absolute Gasteiger partial charge is 0.493 e. The van der Waals surface area contributed by atoms with E-state index in [4.69, 9.17) is 4.74 Å². The Morgan fingerprint density at radius 2 is 2.20 bits per heavy atom. The first kappa shape index (κ1) is 12.0. The predicted octanol–water partition coefficient (Wildman–Crippen LogP) is 2.74. The quantitative estimate of drug-likeness (QED) is 0.621. The molecule has 0 amide bonds. The van der Waals surface area contributed by atoms with Gasteiger partial charge in [-0.25, -0.2) is 0 Å². The number of halogens is 1. The van der Waals surface area contributed by atoms with Gasteiger partial charge in [0.05, 0.1) is 17.3 Å². The lowest BCUT2D eigenvalue weighted by atomic mass is 10.2. The molecule has 0 saturated heterocycles. The second-order valence-corrected chi connectivity index (χ2v) is 4.07. The van der Waals surface area contributed by atoms with Gasteiger partial charge in [-0.3, -0.25) is 0 Å². The lowest BCUT2D eigenvalue weighted by Gasteiger charge is -2.06. The molecule has 1 rings (SSSR count). The molecule has 1 aromatic carbocycles. The fourth-order valence-electron chi connectivity index (χ4n) is 1.05. The summed E-state index contributed by atoms with van der Waals surface area (Å²) in [6.45, 7) is 2.64. The maximum absolute atomic E-state index is 5.42. The summed E-state index contributed by atoms with van der Waals surface area (Å²) in [5.41, 5.74) is 1.04. The van der Waals surface area contributed by atoms with E-state index >= 15 is 0 Å². The van der Waals surface area contributed by atoms with Gasteiger partial charge >= 0.3 is 0 Å². The smallest absolute Gasteiger partial charge is 0.133 e. The number of hydrogen-bond donors (Lipinski definition) is 0. The van der Waals surface area contributed by atoms with E-state index < -0.39 is 0 Å². The molecule has 0 N–H and O–H groups in total. The zero-order valence-electron chi connectivity index (χ0n) is 9.20. The van der Waals surface area contributed by atoms with Gasteiger partial charge in [0, 0.05) is 14.1 Å². The third kappa shape index (κ3) is 3.91. The number of nitrogens with zero attached hydrogens (tertiary/aromatic N) is 2. The van der Waals surface area contributed by atoms with Gasteiger partial charge < -0.3 is 9.75 Å². The molecule has 0 aromatic heterocycles. The molecular formula is C11H15BrN2O. The monoisotopic (exact) mass is 270 g/mol. The van der Waals surface area contributed by atoms with Crippen LogP contribution in [0.4, 0.5) is 0 Å². The van der Waals surface area contributed by atoms with E-state index in [1.807, 2.05) is 39.2 Å². The Morgan fingerprint density at radius 1 is 1.47 bits per heavy atom. The molecule has 0 heterocycles. The fraction of sp³-hybridized carbons (Fsp3) is 0.364. The van der Waals surface area contributed by atoms with Crippen molar-refractivity contribution in [1.29, 1.82) is 0 Å². The molecule has 0 fully saturated rings. The molecule has 0 aliphatic carbocycles. The Labute approximate surface area is 98.9 Å². The zero-order chi connectivity index (χ0) is 11.3. The van der Waals surface area contributed by atoms with Crippen LogP contribution in [-0.4, -0.2) is 31.9 Å². The summed E-state index contributed by atoms with van der Waals surface area (Å²) in [6, 6.07) is 5.89. The van der Waals surface area contributed by atoms with Gasteiger partial charge in [-0.15, -0.1) is 0 Å². The number of hydrogen-bond acceptors (Lipinski definition) is 3. The highest BCUT2D eigenvalue weighted by atomic mass is 79.9. The standard InChI is InChI=1S/C11H15BrN2O/c1-4-15-11-6-5-9(7-10(11)12)8-13-14(2)3/h5-8H,4H2,1-3H3/b13-8+. The van der Waals surface area contributed by atoms with Gasteiger partial charge in [0.25, 0.3) is 0 Å². The summed E-state index contributed by atoms with van der Waals surface area (Å²) >= 11 is 3.45. The first-order chi connectivity index (χ1) is 7.13. The second-order valence-electron chi connectivity index (χ2n) is 3.21. The molecule has 0 atom stereocenters. The normalized spacial score (nSPS) is 10.7. The van der Waals surface area contributed by atoms with Crippen molar-refractivity contribution in [2.24, 2.45) is 5.10 Å². The molecule has 0 spiro atoms. The molecule has 4 heteroatoms. The molecule has 3 nitrogen and oxygen atoms in total. The van der Waals surface area contributed by atoms with Crippen LogP contribution in [0.15, 0.2) is 27.8 Å². The van der Waals surface area contributed by atoms with Crippen LogP contribution in [0.2, 0.25) is 0 Å². The van der Waals surface area contributed by atoms with E-state index in [1.165, 1.54) is 0 Å². The van der Waals surface area contributed by atoms with Gasteiger partial charge in [0.2, 0.25) is 0 Å². The summed E-state index contributed by atoms with van der Waals surface area (Å²) in [5.74, 6) is 0.861. The molecular weight excluding hydrogens is 256 g/mol. The topological polar surface area (TPSA) is 24.8 Å². The van der Waals surface area contributed by atoms with Crippen molar-refractivity contribution in [3.63, 3.8) is 0 Å². The summed E-state index contributed by atoms with van der Waals surface area (Å²) < 4.78 is 6.37. The summed E-state index contributed by atoms with van der Waals surface area (Å²) in [4.78, 5) is 0. The van der Waals surface area contributed by atoms with Crippen molar-refractivity contribution in [1.82, 2.24) is 5.01 Å². The summed E-state index contributed by atoms with van der Waals surface area (Å²) in [5, 5.41) is 5.91. The highest BCUT2D eigenvalue weighted by Gasteiger charge is 2.00. The van der Waals surface area contributed by atoms with Gasteiger partial charge in [0.15, 0.2) is 0 Å². The SMILES string of the molecule is CCOc1ccc(/C=N/N(C)C)cc1Br. The van der Waals surface area contributed by atoms with Crippen LogP contribution in [0.1, 0.15) is 12.5 Å². The third-order valence-electron chi connectivity index (χ3n) is 1.69. The Hall–Kier alpha value is -1.03. The average molecular weight is 271 g/mol. The van der Waals surface area contributed by atoms with E-state index in [0.717, 1.165) is 15.8 Å². The Bertz CT molecular complexity index is 350. The van der Waals surface area contributed by atoms with Crippen LogP contribution >= 0.6 is 15.9 Å². The Balaban J connectivity index is 2.82. The van der Waals surface area contributed by atoms with Crippen molar-refractivity contribution in [2.75, 3.05) is 20.7 Å². The number of hydrazone groups is 1. The van der Waals surface area contributed by atoms with Crippen LogP contribution in [0, 0.1) is 0 Å². The van der Waals surface area contributed by atoms with Crippen LogP contribution in [0.25, 0.3) is 0 Å². The van der Waals surface area contributed by atoms with E-state index in [-0.39, 0.29) is 0 Å². The molecule has 0 aliphatic heterocycles. The number of rotatable bonds is 4.